The predicted molar refractivity (Wildman–Crippen MR) is 76.8 cm³/mol. The lowest BCUT2D eigenvalue weighted by atomic mass is 9.90. The van der Waals surface area contributed by atoms with Crippen LogP contribution in [0.4, 0.5) is 11.5 Å². The molecule has 0 unspecified atom stereocenters. The van der Waals surface area contributed by atoms with Gasteiger partial charge in [0.05, 0.1) is 10.5 Å². The second kappa shape index (κ2) is 6.31. The van der Waals surface area contributed by atoms with Crippen LogP contribution in [-0.2, 0) is 0 Å². The molecule has 1 rings (SSSR count). The summed E-state index contributed by atoms with van der Waals surface area (Å²) in [6.45, 7) is 6.62. The van der Waals surface area contributed by atoms with Crippen LogP contribution in [0.2, 0.25) is 0 Å². The number of pyridine rings is 1. The minimum absolute atomic E-state index is 0.0242. The van der Waals surface area contributed by atoms with Gasteiger partial charge in [0, 0.05) is 19.7 Å². The zero-order chi connectivity index (χ0) is 15.3. The maximum absolute atomic E-state index is 12.1. The second-order valence-corrected chi connectivity index (χ2v) is 5.30. The molecule has 7 heteroatoms. The molecule has 110 valence electrons. The van der Waals surface area contributed by atoms with Crippen LogP contribution in [-0.4, -0.2) is 29.4 Å². The molecule has 1 aromatic rings. The number of aromatic nitrogens is 1. The number of hydrogen-bond acceptors (Lipinski definition) is 5. The van der Waals surface area contributed by atoms with E-state index in [1.54, 1.807) is 7.05 Å². The molecule has 0 radical (unpaired) electrons. The first-order valence-electron chi connectivity index (χ1n) is 6.41. The van der Waals surface area contributed by atoms with Crippen molar-refractivity contribution in [2.45, 2.75) is 27.2 Å². The summed E-state index contributed by atoms with van der Waals surface area (Å²) < 4.78 is 0. The number of rotatable bonds is 6. The van der Waals surface area contributed by atoms with Gasteiger partial charge in [-0.15, -0.1) is 0 Å². The van der Waals surface area contributed by atoms with E-state index in [1.807, 2.05) is 20.8 Å². The number of nitro groups is 1. The predicted octanol–water partition coefficient (Wildman–Crippen LogP) is 2.20. The summed E-state index contributed by atoms with van der Waals surface area (Å²) in [5.74, 6) is -0.0468. The molecule has 0 aromatic carbocycles. The quantitative estimate of drug-likeness (QED) is 0.615. The van der Waals surface area contributed by atoms with E-state index in [0.29, 0.717) is 12.4 Å². The summed E-state index contributed by atoms with van der Waals surface area (Å²) in [5.41, 5.74) is -0.0543. The maximum Gasteiger partial charge on any atom is 0.288 e. The van der Waals surface area contributed by atoms with Gasteiger partial charge in [-0.1, -0.05) is 20.8 Å². The van der Waals surface area contributed by atoms with E-state index >= 15 is 0 Å². The second-order valence-electron chi connectivity index (χ2n) is 5.30. The molecule has 1 heterocycles. The number of hydrogen-bond donors (Lipinski definition) is 2. The number of carbonyl (C=O) groups excluding carboxylic acids is 1. The Kier molecular flexibility index (Phi) is 5.01. The standard InChI is InChI=1S/C13H20N4O3/c1-5-13(2,3)8-16-12(18)10-6-9(17(19)20)7-15-11(10)14-4/h6-7H,5,8H2,1-4H3,(H,14,15)(H,16,18). The smallest absolute Gasteiger partial charge is 0.288 e. The Bertz CT molecular complexity index is 514. The van der Waals surface area contributed by atoms with Crippen molar-refractivity contribution in [2.24, 2.45) is 5.41 Å². The third kappa shape index (κ3) is 3.91. The van der Waals surface area contributed by atoms with Crippen LogP contribution in [0.1, 0.15) is 37.6 Å². The van der Waals surface area contributed by atoms with Crippen molar-refractivity contribution in [1.29, 1.82) is 0 Å². The lowest BCUT2D eigenvalue weighted by molar-refractivity contribution is -0.385. The minimum Gasteiger partial charge on any atom is -0.372 e. The Balaban J connectivity index is 2.96. The normalized spacial score (nSPS) is 11.0. The Hall–Kier alpha value is -2.18. The molecule has 0 aliphatic heterocycles. The molecule has 20 heavy (non-hydrogen) atoms. The van der Waals surface area contributed by atoms with Crippen molar-refractivity contribution >= 4 is 17.4 Å². The average Bonchev–Trinajstić information content (AvgIpc) is 2.44. The van der Waals surface area contributed by atoms with E-state index < -0.39 is 4.92 Å². The summed E-state index contributed by atoms with van der Waals surface area (Å²) in [4.78, 5) is 26.2. The summed E-state index contributed by atoms with van der Waals surface area (Å²) >= 11 is 0. The molecule has 0 saturated carbocycles. The maximum atomic E-state index is 12.1. The average molecular weight is 280 g/mol. The highest BCUT2D eigenvalue weighted by Gasteiger charge is 2.20. The van der Waals surface area contributed by atoms with Crippen molar-refractivity contribution in [3.63, 3.8) is 0 Å². The Morgan fingerprint density at radius 2 is 2.15 bits per heavy atom. The molecule has 7 nitrogen and oxygen atoms in total. The van der Waals surface area contributed by atoms with Crippen LogP contribution >= 0.6 is 0 Å². The van der Waals surface area contributed by atoms with E-state index in [4.69, 9.17) is 0 Å². The van der Waals surface area contributed by atoms with Gasteiger partial charge in [0.1, 0.15) is 12.0 Å². The highest BCUT2D eigenvalue weighted by atomic mass is 16.6. The molecule has 0 aliphatic rings. The van der Waals surface area contributed by atoms with Gasteiger partial charge in [-0.3, -0.25) is 14.9 Å². The lowest BCUT2D eigenvalue weighted by Crippen LogP contribution is -2.34. The molecule has 0 bridgehead atoms. The minimum atomic E-state index is -0.570. The van der Waals surface area contributed by atoms with Crippen LogP contribution < -0.4 is 10.6 Å². The third-order valence-corrected chi connectivity index (χ3v) is 3.25. The summed E-state index contributed by atoms with van der Waals surface area (Å²) in [6, 6.07) is 1.23. The van der Waals surface area contributed by atoms with Crippen molar-refractivity contribution in [1.82, 2.24) is 10.3 Å². The van der Waals surface area contributed by atoms with Crippen LogP contribution in [0.5, 0.6) is 0 Å². The zero-order valence-electron chi connectivity index (χ0n) is 12.2. The topological polar surface area (TPSA) is 97.2 Å². The number of nitrogens with one attached hydrogen (secondary N) is 2. The van der Waals surface area contributed by atoms with Crippen molar-refractivity contribution in [3.05, 3.63) is 27.9 Å². The number of anilines is 1. The highest BCUT2D eigenvalue weighted by molar-refractivity contribution is 5.99. The number of amides is 1. The molecule has 0 spiro atoms. The first-order chi connectivity index (χ1) is 9.30. The summed E-state index contributed by atoms with van der Waals surface area (Å²) in [6.07, 6.45) is 2.04. The van der Waals surface area contributed by atoms with Crippen molar-refractivity contribution in [3.8, 4) is 0 Å². The Morgan fingerprint density at radius 3 is 2.65 bits per heavy atom. The molecule has 0 fully saturated rings. The molecular formula is C13H20N4O3. The van der Waals surface area contributed by atoms with Gasteiger partial charge in [0.2, 0.25) is 0 Å². The van der Waals surface area contributed by atoms with Gasteiger partial charge < -0.3 is 10.6 Å². The van der Waals surface area contributed by atoms with E-state index in [0.717, 1.165) is 12.6 Å². The van der Waals surface area contributed by atoms with E-state index in [-0.39, 0.29) is 22.6 Å². The summed E-state index contributed by atoms with van der Waals surface area (Å²) in [7, 11) is 1.61. The van der Waals surface area contributed by atoms with E-state index in [1.165, 1.54) is 6.07 Å². The summed E-state index contributed by atoms with van der Waals surface area (Å²) in [5, 5.41) is 16.3. The van der Waals surface area contributed by atoms with Gasteiger partial charge >= 0.3 is 0 Å². The third-order valence-electron chi connectivity index (χ3n) is 3.25. The van der Waals surface area contributed by atoms with Crippen LogP contribution in [0.25, 0.3) is 0 Å². The molecule has 2 N–H and O–H groups in total. The molecule has 0 atom stereocenters. The monoisotopic (exact) mass is 280 g/mol. The van der Waals surface area contributed by atoms with Crippen LogP contribution in [0.3, 0.4) is 0 Å². The first-order valence-corrected chi connectivity index (χ1v) is 6.41. The zero-order valence-corrected chi connectivity index (χ0v) is 12.2. The molecular weight excluding hydrogens is 260 g/mol. The molecule has 0 aliphatic carbocycles. The van der Waals surface area contributed by atoms with Crippen molar-refractivity contribution in [2.75, 3.05) is 18.9 Å². The Labute approximate surface area is 117 Å². The Morgan fingerprint density at radius 1 is 1.50 bits per heavy atom. The lowest BCUT2D eigenvalue weighted by Gasteiger charge is -2.23. The molecule has 1 amide bonds. The fourth-order valence-corrected chi connectivity index (χ4v) is 1.47. The van der Waals surface area contributed by atoms with Gasteiger partial charge in [-0.25, -0.2) is 4.98 Å². The fourth-order valence-electron chi connectivity index (χ4n) is 1.47. The van der Waals surface area contributed by atoms with Gasteiger partial charge in [0.15, 0.2) is 0 Å². The van der Waals surface area contributed by atoms with Gasteiger partial charge in [-0.05, 0) is 11.8 Å². The first kappa shape index (κ1) is 15.9. The van der Waals surface area contributed by atoms with Crippen LogP contribution in [0, 0.1) is 15.5 Å². The fraction of sp³-hybridized carbons (Fsp3) is 0.538. The SMILES string of the molecule is CCC(C)(C)CNC(=O)c1cc([N+](=O)[O-])cnc1NC. The molecule has 0 saturated heterocycles. The largest absolute Gasteiger partial charge is 0.372 e. The van der Waals surface area contributed by atoms with Crippen LogP contribution in [0.15, 0.2) is 12.3 Å². The van der Waals surface area contributed by atoms with Crippen molar-refractivity contribution < 1.29 is 9.72 Å². The highest BCUT2D eigenvalue weighted by Crippen LogP contribution is 2.21. The van der Waals surface area contributed by atoms with E-state index in [9.17, 15) is 14.9 Å². The number of carbonyl (C=O) groups is 1. The van der Waals surface area contributed by atoms with Gasteiger partial charge in [0.25, 0.3) is 11.6 Å². The molecule has 1 aromatic heterocycles. The number of nitrogens with zero attached hydrogens (tertiary/aromatic N) is 2. The van der Waals surface area contributed by atoms with E-state index in [2.05, 4.69) is 15.6 Å². The van der Waals surface area contributed by atoms with Gasteiger partial charge in [-0.2, -0.15) is 0 Å².